The van der Waals surface area contributed by atoms with Gasteiger partial charge in [-0.25, -0.2) is 0 Å². The van der Waals surface area contributed by atoms with Gasteiger partial charge >= 0.3 is 0 Å². The molecule has 1 nitrogen and oxygen atoms in total. The van der Waals surface area contributed by atoms with E-state index in [0.29, 0.717) is 11.8 Å². The molecule has 0 aliphatic heterocycles. The second kappa shape index (κ2) is 5.13. The highest BCUT2D eigenvalue weighted by Gasteiger charge is 2.00. The summed E-state index contributed by atoms with van der Waals surface area (Å²) < 4.78 is 0. The summed E-state index contributed by atoms with van der Waals surface area (Å²) in [4.78, 5) is 4.44. The molecule has 0 amide bonds. The molecule has 0 aromatic carbocycles. The highest BCUT2D eigenvalue weighted by molar-refractivity contribution is 5.82. The Labute approximate surface area is 76.6 Å². The Balaban J connectivity index is 4.07. The van der Waals surface area contributed by atoms with E-state index in [0.717, 1.165) is 12.1 Å². The molecule has 0 rings (SSSR count). The van der Waals surface area contributed by atoms with Crippen molar-refractivity contribution < 1.29 is 0 Å². The lowest BCUT2D eigenvalue weighted by atomic mass is 10.1. The summed E-state index contributed by atoms with van der Waals surface area (Å²) in [6.45, 7) is 14.6. The van der Waals surface area contributed by atoms with Crippen molar-refractivity contribution in [1.82, 2.24) is 0 Å². The lowest BCUT2D eigenvalue weighted by Gasteiger charge is -2.07. The molecule has 0 atom stereocenters. The Morgan fingerprint density at radius 2 is 1.75 bits per heavy atom. The maximum Gasteiger partial charge on any atom is 0.0356 e. The van der Waals surface area contributed by atoms with E-state index < -0.39 is 0 Å². The number of allylic oxidation sites excluding steroid dienone is 1. The first kappa shape index (κ1) is 11.4. The van der Waals surface area contributed by atoms with Gasteiger partial charge in [0.1, 0.15) is 0 Å². The molecular formula is C11H21N. The van der Waals surface area contributed by atoms with Gasteiger partial charge in [0.15, 0.2) is 0 Å². The van der Waals surface area contributed by atoms with Crippen molar-refractivity contribution in [3.8, 4) is 0 Å². The molecule has 0 bridgehead atoms. The third kappa shape index (κ3) is 5.11. The van der Waals surface area contributed by atoms with Crippen molar-refractivity contribution in [2.24, 2.45) is 16.8 Å². The molecule has 0 heterocycles. The molecule has 0 saturated carbocycles. The fraction of sp³-hybridized carbons (Fsp3) is 0.727. The van der Waals surface area contributed by atoms with E-state index in [2.05, 4.69) is 46.2 Å². The molecule has 12 heavy (non-hydrogen) atoms. The summed E-state index contributed by atoms with van der Waals surface area (Å²) in [5, 5.41) is 0. The Bertz CT molecular complexity index is 175. The van der Waals surface area contributed by atoms with Gasteiger partial charge in [0.25, 0.3) is 0 Å². The van der Waals surface area contributed by atoms with Crippen LogP contribution in [0.4, 0.5) is 0 Å². The zero-order chi connectivity index (χ0) is 9.72. The first-order chi connectivity index (χ1) is 5.43. The van der Waals surface area contributed by atoms with Crippen molar-refractivity contribution in [1.29, 1.82) is 0 Å². The van der Waals surface area contributed by atoms with Crippen LogP contribution in [-0.2, 0) is 0 Å². The van der Waals surface area contributed by atoms with Gasteiger partial charge in [-0.05, 0) is 25.2 Å². The summed E-state index contributed by atoms with van der Waals surface area (Å²) in [7, 11) is 0. The standard InChI is InChI=1S/C11H21N/c1-8(2)7-10(5)12-11(6)9(3)4/h8-9H,6-7H2,1-5H3. The Morgan fingerprint density at radius 3 is 2.08 bits per heavy atom. The molecule has 0 saturated heterocycles. The smallest absolute Gasteiger partial charge is 0.0356 e. The number of hydrogen-bond donors (Lipinski definition) is 0. The summed E-state index contributed by atoms with van der Waals surface area (Å²) in [5.74, 6) is 1.15. The normalized spacial score (nSPS) is 12.8. The summed E-state index contributed by atoms with van der Waals surface area (Å²) in [6, 6.07) is 0. The van der Waals surface area contributed by atoms with Crippen LogP contribution in [0.1, 0.15) is 41.0 Å². The average molecular weight is 167 g/mol. The Hall–Kier alpha value is -0.590. The molecule has 0 aliphatic rings. The number of rotatable bonds is 4. The van der Waals surface area contributed by atoms with Gasteiger partial charge < -0.3 is 0 Å². The summed E-state index contributed by atoms with van der Waals surface area (Å²) in [5.41, 5.74) is 2.19. The van der Waals surface area contributed by atoms with Crippen LogP contribution in [0.25, 0.3) is 0 Å². The van der Waals surface area contributed by atoms with Gasteiger partial charge in [-0.1, -0.05) is 34.3 Å². The molecule has 0 aromatic rings. The van der Waals surface area contributed by atoms with Crippen molar-refractivity contribution >= 4 is 5.71 Å². The van der Waals surface area contributed by atoms with E-state index in [1.807, 2.05) is 0 Å². The monoisotopic (exact) mass is 167 g/mol. The van der Waals surface area contributed by atoms with Crippen molar-refractivity contribution in [2.75, 3.05) is 0 Å². The van der Waals surface area contributed by atoms with Crippen LogP contribution in [0.15, 0.2) is 17.3 Å². The van der Waals surface area contributed by atoms with Crippen LogP contribution < -0.4 is 0 Å². The largest absolute Gasteiger partial charge is 0.263 e. The zero-order valence-corrected chi connectivity index (χ0v) is 9.02. The quantitative estimate of drug-likeness (QED) is 0.567. The summed E-state index contributed by atoms with van der Waals surface area (Å²) >= 11 is 0. The van der Waals surface area contributed by atoms with Crippen molar-refractivity contribution in [2.45, 2.75) is 41.0 Å². The maximum absolute atomic E-state index is 4.44. The van der Waals surface area contributed by atoms with Crippen LogP contribution in [0, 0.1) is 11.8 Å². The highest BCUT2D eigenvalue weighted by atomic mass is 14.8. The van der Waals surface area contributed by atoms with Gasteiger partial charge in [-0.2, -0.15) is 0 Å². The third-order valence-electron chi connectivity index (χ3n) is 1.70. The molecule has 0 radical (unpaired) electrons. The molecule has 0 N–H and O–H groups in total. The van der Waals surface area contributed by atoms with Gasteiger partial charge in [0.05, 0.1) is 0 Å². The minimum absolute atomic E-state index is 0.465. The van der Waals surface area contributed by atoms with E-state index in [1.165, 1.54) is 5.71 Å². The van der Waals surface area contributed by atoms with Gasteiger partial charge in [-0.3, -0.25) is 4.99 Å². The van der Waals surface area contributed by atoms with Gasteiger partial charge in [0.2, 0.25) is 0 Å². The van der Waals surface area contributed by atoms with Crippen LogP contribution in [-0.4, -0.2) is 5.71 Å². The second-order valence-electron chi connectivity index (χ2n) is 4.09. The highest BCUT2D eigenvalue weighted by Crippen LogP contribution is 2.10. The topological polar surface area (TPSA) is 12.4 Å². The van der Waals surface area contributed by atoms with Gasteiger partial charge in [0, 0.05) is 11.4 Å². The lowest BCUT2D eigenvalue weighted by molar-refractivity contribution is 0.678. The van der Waals surface area contributed by atoms with E-state index in [9.17, 15) is 0 Å². The molecule has 0 unspecified atom stereocenters. The SMILES string of the molecule is C=C(N=C(C)CC(C)C)C(C)C. The maximum atomic E-state index is 4.44. The Kier molecular flexibility index (Phi) is 4.87. The number of aliphatic imine (C=N–C) groups is 1. The fourth-order valence-corrected chi connectivity index (χ4v) is 1.01. The molecule has 70 valence electrons. The lowest BCUT2D eigenvalue weighted by Crippen LogP contribution is -2.00. The van der Waals surface area contributed by atoms with Crippen molar-refractivity contribution in [3.63, 3.8) is 0 Å². The number of nitrogens with zero attached hydrogens (tertiary/aromatic N) is 1. The fourth-order valence-electron chi connectivity index (χ4n) is 1.01. The molecular weight excluding hydrogens is 146 g/mol. The second-order valence-corrected chi connectivity index (χ2v) is 4.09. The van der Waals surface area contributed by atoms with E-state index in [1.54, 1.807) is 0 Å². The van der Waals surface area contributed by atoms with Crippen LogP contribution in [0.3, 0.4) is 0 Å². The van der Waals surface area contributed by atoms with Crippen LogP contribution >= 0.6 is 0 Å². The molecule has 0 aromatic heterocycles. The van der Waals surface area contributed by atoms with Crippen LogP contribution in [0.2, 0.25) is 0 Å². The minimum atomic E-state index is 0.465. The predicted molar refractivity (Wildman–Crippen MR) is 56.5 cm³/mol. The van der Waals surface area contributed by atoms with Crippen molar-refractivity contribution in [3.05, 3.63) is 12.3 Å². The molecule has 0 aliphatic carbocycles. The first-order valence-electron chi connectivity index (χ1n) is 4.66. The van der Waals surface area contributed by atoms with E-state index in [-0.39, 0.29) is 0 Å². The molecule has 0 spiro atoms. The summed E-state index contributed by atoms with van der Waals surface area (Å²) in [6.07, 6.45) is 1.08. The predicted octanol–water partition coefficient (Wildman–Crippen LogP) is 3.66. The number of hydrogen-bond acceptors (Lipinski definition) is 1. The first-order valence-corrected chi connectivity index (χ1v) is 4.66. The Morgan fingerprint density at radius 1 is 1.25 bits per heavy atom. The molecule has 1 heteroatoms. The van der Waals surface area contributed by atoms with E-state index >= 15 is 0 Å². The molecule has 0 fully saturated rings. The average Bonchev–Trinajstić information content (AvgIpc) is 1.84. The van der Waals surface area contributed by atoms with E-state index in [4.69, 9.17) is 0 Å². The third-order valence-corrected chi connectivity index (χ3v) is 1.70. The minimum Gasteiger partial charge on any atom is -0.263 e. The van der Waals surface area contributed by atoms with Crippen LogP contribution in [0.5, 0.6) is 0 Å². The zero-order valence-electron chi connectivity index (χ0n) is 9.02. The van der Waals surface area contributed by atoms with Gasteiger partial charge in [-0.15, -0.1) is 0 Å².